The fourth-order valence-electron chi connectivity index (χ4n) is 3.71. The van der Waals surface area contributed by atoms with Gasteiger partial charge in [0.15, 0.2) is 11.5 Å². The molecule has 1 fully saturated rings. The number of rotatable bonds is 8. The van der Waals surface area contributed by atoms with Crippen LogP contribution in [0.4, 0.5) is 0 Å². The Morgan fingerprint density at radius 2 is 2.03 bits per heavy atom. The van der Waals surface area contributed by atoms with Crippen LogP contribution in [0.1, 0.15) is 34.8 Å². The maximum absolute atomic E-state index is 12.8. The van der Waals surface area contributed by atoms with Crippen LogP contribution >= 0.6 is 0 Å². The Balaban J connectivity index is 1.39. The fourth-order valence-corrected chi connectivity index (χ4v) is 3.71. The second-order valence-corrected chi connectivity index (χ2v) is 7.81. The second kappa shape index (κ2) is 10.3. The maximum Gasteiger partial charge on any atom is 0.287 e. The number of nitrogens with zero attached hydrogens (tertiary/aromatic N) is 2. The first kappa shape index (κ1) is 22.5. The zero-order valence-electron chi connectivity index (χ0n) is 18.6. The maximum atomic E-state index is 12.8. The molecule has 1 aliphatic heterocycles. The summed E-state index contributed by atoms with van der Waals surface area (Å²) < 4.78 is 16.8. The molecule has 0 saturated carbocycles. The smallest absolute Gasteiger partial charge is 0.287 e. The number of amides is 2. The second-order valence-electron chi connectivity index (χ2n) is 7.81. The Bertz CT molecular complexity index is 1080. The molecule has 0 spiro atoms. The van der Waals surface area contributed by atoms with E-state index in [1.54, 1.807) is 43.8 Å². The molecule has 1 aliphatic rings. The predicted octanol–water partition coefficient (Wildman–Crippen LogP) is 2.22. The van der Waals surface area contributed by atoms with Gasteiger partial charge in [0, 0.05) is 20.3 Å². The van der Waals surface area contributed by atoms with E-state index < -0.39 is 11.9 Å². The molecule has 0 radical (unpaired) electrons. The number of hydrogen-bond acceptors (Lipinski definition) is 7. The van der Waals surface area contributed by atoms with Crippen LogP contribution in [0.25, 0.3) is 11.5 Å². The van der Waals surface area contributed by atoms with E-state index in [0.29, 0.717) is 49.9 Å². The average molecular weight is 453 g/mol. The molecule has 4 rings (SSSR count). The van der Waals surface area contributed by atoms with Crippen molar-refractivity contribution in [2.24, 2.45) is 5.92 Å². The van der Waals surface area contributed by atoms with E-state index in [1.807, 2.05) is 6.92 Å². The fraction of sp³-hybridized carbons (Fsp3) is 0.391. The van der Waals surface area contributed by atoms with Gasteiger partial charge in [-0.25, -0.2) is 9.97 Å². The molecule has 3 aromatic heterocycles. The van der Waals surface area contributed by atoms with Gasteiger partial charge >= 0.3 is 0 Å². The van der Waals surface area contributed by atoms with E-state index in [9.17, 15) is 9.59 Å². The van der Waals surface area contributed by atoms with Crippen molar-refractivity contribution in [1.82, 2.24) is 25.6 Å². The highest BCUT2D eigenvalue weighted by Crippen LogP contribution is 2.24. The number of aryl methyl sites for hydroxylation is 1. The lowest BCUT2D eigenvalue weighted by Gasteiger charge is -2.29. The molecule has 33 heavy (non-hydrogen) atoms. The van der Waals surface area contributed by atoms with Gasteiger partial charge in [0.25, 0.3) is 5.91 Å². The quantitative estimate of drug-likeness (QED) is 0.477. The lowest BCUT2D eigenvalue weighted by Crippen LogP contribution is -2.51. The summed E-state index contributed by atoms with van der Waals surface area (Å²) in [6.07, 6.45) is 4.64. The Labute approximate surface area is 191 Å². The third kappa shape index (κ3) is 5.40. The minimum Gasteiger partial charge on any atom is -0.486 e. The largest absolute Gasteiger partial charge is 0.486 e. The number of carbonyl (C=O) groups is 2. The highest BCUT2D eigenvalue weighted by atomic mass is 16.5. The lowest BCUT2D eigenvalue weighted by atomic mass is 9.91. The molecular formula is C23H27N5O5. The minimum absolute atomic E-state index is 0.0110. The number of H-pyrrole nitrogens is 1. The van der Waals surface area contributed by atoms with Gasteiger partial charge in [-0.3, -0.25) is 9.59 Å². The molecule has 0 bridgehead atoms. The first-order chi connectivity index (χ1) is 16.0. The number of imidazole rings is 1. The van der Waals surface area contributed by atoms with Crippen molar-refractivity contribution in [1.29, 1.82) is 0 Å². The monoisotopic (exact) mass is 453 g/mol. The van der Waals surface area contributed by atoms with Crippen molar-refractivity contribution in [3.05, 3.63) is 53.9 Å². The van der Waals surface area contributed by atoms with Crippen molar-refractivity contribution in [3.63, 3.8) is 0 Å². The number of carbonyl (C=O) groups excluding carboxylic acids is 2. The zero-order chi connectivity index (χ0) is 23.2. The summed E-state index contributed by atoms with van der Waals surface area (Å²) in [5.41, 5.74) is 2.35. The van der Waals surface area contributed by atoms with Crippen molar-refractivity contribution in [2.45, 2.75) is 32.4 Å². The molecule has 10 heteroatoms. The van der Waals surface area contributed by atoms with Gasteiger partial charge in [-0.1, -0.05) is 0 Å². The molecule has 1 unspecified atom stereocenters. The van der Waals surface area contributed by atoms with Gasteiger partial charge < -0.3 is 29.5 Å². The molecule has 0 aromatic carbocycles. The zero-order valence-corrected chi connectivity index (χ0v) is 18.6. The number of likely N-dealkylation sites (N-methyl/N-ethyl adjacent to an activating group) is 1. The van der Waals surface area contributed by atoms with Crippen molar-refractivity contribution in [2.75, 3.05) is 20.3 Å². The van der Waals surface area contributed by atoms with Crippen LogP contribution in [0.2, 0.25) is 0 Å². The van der Waals surface area contributed by atoms with Crippen LogP contribution in [0.3, 0.4) is 0 Å². The molecule has 1 saturated heterocycles. The molecule has 4 heterocycles. The number of ether oxygens (including phenoxy) is 2. The topological polar surface area (TPSA) is 131 Å². The molecule has 0 aliphatic carbocycles. The SMILES string of the molecule is CNC(=O)C(NC(=O)c1ccc(-c2ccc(OCc3[nH]cnc3C)cn2)o1)C1CCOCC1. The molecule has 174 valence electrons. The summed E-state index contributed by atoms with van der Waals surface area (Å²) in [4.78, 5) is 36.7. The summed E-state index contributed by atoms with van der Waals surface area (Å²) in [5, 5.41) is 5.44. The van der Waals surface area contributed by atoms with E-state index in [1.165, 1.54) is 0 Å². The van der Waals surface area contributed by atoms with Crippen LogP contribution in [0.15, 0.2) is 41.2 Å². The first-order valence-corrected chi connectivity index (χ1v) is 10.8. The third-order valence-corrected chi connectivity index (χ3v) is 5.69. The van der Waals surface area contributed by atoms with Crippen LogP contribution in [0, 0.1) is 12.8 Å². The van der Waals surface area contributed by atoms with Gasteiger partial charge in [0.05, 0.1) is 23.9 Å². The normalized spacial score (nSPS) is 15.1. The standard InChI is InChI=1S/C23H27N5O5/c1-14-18(27-13-26-14)12-32-16-3-4-17(25-11-16)19-5-6-20(33-19)22(29)28-21(23(30)24-2)15-7-9-31-10-8-15/h3-6,11,13,15,21H,7-10,12H2,1-2H3,(H,24,30)(H,26,27)(H,28,29). The molecule has 1 atom stereocenters. The van der Waals surface area contributed by atoms with Crippen LogP contribution in [-0.4, -0.2) is 53.1 Å². The lowest BCUT2D eigenvalue weighted by molar-refractivity contribution is -0.124. The third-order valence-electron chi connectivity index (χ3n) is 5.69. The van der Waals surface area contributed by atoms with Gasteiger partial charge in [-0.15, -0.1) is 0 Å². The Kier molecular flexibility index (Phi) is 7.04. The van der Waals surface area contributed by atoms with E-state index in [-0.39, 0.29) is 17.6 Å². The van der Waals surface area contributed by atoms with E-state index in [0.717, 1.165) is 11.4 Å². The van der Waals surface area contributed by atoms with Crippen molar-refractivity contribution >= 4 is 11.8 Å². The minimum atomic E-state index is -0.645. The van der Waals surface area contributed by atoms with Gasteiger partial charge in [-0.2, -0.15) is 0 Å². The number of hydrogen-bond donors (Lipinski definition) is 3. The number of aromatic nitrogens is 3. The van der Waals surface area contributed by atoms with Gasteiger partial charge in [-0.05, 0) is 49.9 Å². The van der Waals surface area contributed by atoms with E-state index in [4.69, 9.17) is 13.9 Å². The molecular weight excluding hydrogens is 426 g/mol. The molecule has 3 N–H and O–H groups in total. The summed E-state index contributed by atoms with van der Waals surface area (Å²) in [7, 11) is 1.56. The summed E-state index contributed by atoms with van der Waals surface area (Å²) in [6.45, 7) is 3.41. The summed E-state index contributed by atoms with van der Waals surface area (Å²) in [5.74, 6) is 0.487. The predicted molar refractivity (Wildman–Crippen MR) is 118 cm³/mol. The number of nitrogens with one attached hydrogen (secondary N) is 3. The molecule has 10 nitrogen and oxygen atoms in total. The van der Waals surface area contributed by atoms with Crippen LogP contribution in [0.5, 0.6) is 5.75 Å². The Hall–Kier alpha value is -3.66. The highest BCUT2D eigenvalue weighted by Gasteiger charge is 2.31. The highest BCUT2D eigenvalue weighted by molar-refractivity contribution is 5.96. The van der Waals surface area contributed by atoms with Gasteiger partial charge in [0.1, 0.15) is 24.1 Å². The van der Waals surface area contributed by atoms with Gasteiger partial charge in [0.2, 0.25) is 5.91 Å². The molecule has 3 aromatic rings. The van der Waals surface area contributed by atoms with E-state index in [2.05, 4.69) is 25.6 Å². The number of pyridine rings is 1. The first-order valence-electron chi connectivity index (χ1n) is 10.8. The summed E-state index contributed by atoms with van der Waals surface area (Å²) >= 11 is 0. The average Bonchev–Trinajstić information content (AvgIpc) is 3.51. The summed E-state index contributed by atoms with van der Waals surface area (Å²) in [6, 6.07) is 6.14. The van der Waals surface area contributed by atoms with Crippen molar-refractivity contribution < 1.29 is 23.5 Å². The number of furan rings is 1. The van der Waals surface area contributed by atoms with Crippen LogP contribution < -0.4 is 15.4 Å². The molecule has 2 amide bonds. The number of aromatic amines is 1. The van der Waals surface area contributed by atoms with Crippen molar-refractivity contribution in [3.8, 4) is 17.2 Å². The van der Waals surface area contributed by atoms with E-state index >= 15 is 0 Å². The Morgan fingerprint density at radius 1 is 1.21 bits per heavy atom. The Morgan fingerprint density at radius 3 is 2.70 bits per heavy atom. The van der Waals surface area contributed by atoms with Crippen LogP contribution in [-0.2, 0) is 16.1 Å².